The van der Waals surface area contributed by atoms with Gasteiger partial charge in [-0.25, -0.2) is 9.67 Å². The van der Waals surface area contributed by atoms with E-state index in [0.29, 0.717) is 59.3 Å². The number of carbonyl (C=O) groups is 1. The number of ether oxygens (including phenoxy) is 1. The predicted molar refractivity (Wildman–Crippen MR) is 132 cm³/mol. The highest BCUT2D eigenvalue weighted by molar-refractivity contribution is 6.38. The molecule has 0 bridgehead atoms. The quantitative estimate of drug-likeness (QED) is 0.395. The Hall–Kier alpha value is -3.36. The van der Waals surface area contributed by atoms with Crippen LogP contribution in [0.3, 0.4) is 0 Å². The first kappa shape index (κ1) is 23.8. The summed E-state index contributed by atoms with van der Waals surface area (Å²) in [4.78, 5) is 34.1. The second-order valence-electron chi connectivity index (χ2n) is 7.60. The number of nitrogens with zero attached hydrogens (tertiary/aromatic N) is 3. The van der Waals surface area contributed by atoms with Gasteiger partial charge in [0.2, 0.25) is 0 Å². The molecule has 2 N–H and O–H groups in total. The lowest BCUT2D eigenvalue weighted by atomic mass is 10.1. The van der Waals surface area contributed by atoms with E-state index in [9.17, 15) is 9.59 Å². The summed E-state index contributed by atoms with van der Waals surface area (Å²) in [7, 11) is 1.59. The molecular formula is C24H23Cl2N5O3. The molecule has 0 spiro atoms. The van der Waals surface area contributed by atoms with E-state index < -0.39 is 0 Å². The van der Waals surface area contributed by atoms with E-state index in [1.54, 1.807) is 11.8 Å². The van der Waals surface area contributed by atoms with Crippen molar-refractivity contribution in [2.45, 2.75) is 26.7 Å². The number of methoxy groups -OCH3 is 1. The number of fused-ring (bicyclic) bond motifs is 1. The largest absolute Gasteiger partial charge is 0.497 e. The molecule has 8 nitrogen and oxygen atoms in total. The van der Waals surface area contributed by atoms with Crippen LogP contribution in [-0.4, -0.2) is 39.3 Å². The number of rotatable bonds is 7. The zero-order valence-corrected chi connectivity index (χ0v) is 20.4. The maximum Gasteiger partial charge on any atom is 0.284 e. The Kier molecular flexibility index (Phi) is 6.90. The van der Waals surface area contributed by atoms with E-state index in [4.69, 9.17) is 27.9 Å². The maximum atomic E-state index is 13.0. The van der Waals surface area contributed by atoms with Crippen LogP contribution >= 0.6 is 23.2 Å². The smallest absolute Gasteiger partial charge is 0.284 e. The number of H-pyrrole nitrogens is 1. The van der Waals surface area contributed by atoms with E-state index in [1.807, 2.05) is 38.1 Å². The van der Waals surface area contributed by atoms with Gasteiger partial charge in [0, 0.05) is 24.2 Å². The van der Waals surface area contributed by atoms with Crippen LogP contribution in [-0.2, 0) is 12.8 Å². The van der Waals surface area contributed by atoms with Crippen LogP contribution in [0, 0.1) is 0 Å². The molecule has 0 aliphatic carbocycles. The zero-order chi connectivity index (χ0) is 24.4. The van der Waals surface area contributed by atoms with Crippen molar-refractivity contribution in [2.24, 2.45) is 0 Å². The van der Waals surface area contributed by atoms with Crippen molar-refractivity contribution in [2.75, 3.05) is 13.7 Å². The molecule has 0 atom stereocenters. The molecule has 4 rings (SSSR count). The highest BCUT2D eigenvalue weighted by Gasteiger charge is 2.25. The molecule has 0 aromatic heterocycles. The fourth-order valence-electron chi connectivity index (χ4n) is 3.78. The lowest BCUT2D eigenvalue weighted by Crippen LogP contribution is -2.22. The normalized spacial score (nSPS) is 11.1. The average Bonchev–Trinajstić information content (AvgIpc) is 3.17. The molecule has 0 fully saturated rings. The van der Waals surface area contributed by atoms with E-state index in [-0.39, 0.29) is 21.5 Å². The Bertz CT molecular complexity index is 1370. The summed E-state index contributed by atoms with van der Waals surface area (Å²) >= 11 is 13.1. The Labute approximate surface area is 206 Å². The molecule has 0 saturated heterocycles. The third kappa shape index (κ3) is 4.51. The lowest BCUT2D eigenvalue weighted by Gasteiger charge is -2.13. The number of hydrogen-bond acceptors (Lipinski definition) is 5. The van der Waals surface area contributed by atoms with Crippen molar-refractivity contribution in [1.29, 1.82) is 0 Å². The van der Waals surface area contributed by atoms with Gasteiger partial charge in [0.25, 0.3) is 11.5 Å². The molecule has 2 aromatic rings. The van der Waals surface area contributed by atoms with Gasteiger partial charge < -0.3 is 10.1 Å². The summed E-state index contributed by atoms with van der Waals surface area (Å²) < 4.78 is 6.86. The second kappa shape index (κ2) is 9.87. The van der Waals surface area contributed by atoms with Crippen molar-refractivity contribution in [1.82, 2.24) is 25.1 Å². The molecular weight excluding hydrogens is 477 g/mol. The molecule has 34 heavy (non-hydrogen) atoms. The van der Waals surface area contributed by atoms with Crippen LogP contribution in [0.4, 0.5) is 0 Å². The van der Waals surface area contributed by atoms with E-state index in [1.165, 1.54) is 12.1 Å². The Morgan fingerprint density at radius 1 is 1.15 bits per heavy atom. The summed E-state index contributed by atoms with van der Waals surface area (Å²) in [5.74, 6) is 1.14. The molecule has 0 radical (unpaired) electrons. The van der Waals surface area contributed by atoms with Crippen molar-refractivity contribution in [3.63, 3.8) is 0 Å². The third-order valence-corrected chi connectivity index (χ3v) is 5.93. The van der Waals surface area contributed by atoms with Crippen molar-refractivity contribution < 1.29 is 9.53 Å². The molecule has 2 aliphatic rings. The predicted octanol–water partition coefficient (Wildman–Crippen LogP) is 4.28. The van der Waals surface area contributed by atoms with Crippen LogP contribution in [0.5, 0.6) is 5.75 Å². The SMILES string of the molecule is CCNC(=O)c1cc(Cl)c(-n2[nH]c(CC)c3c(=O)nc(Cc4cccc(OC)c4)nc2-3)c(Cl)c1. The van der Waals surface area contributed by atoms with Crippen LogP contribution in [0.1, 0.15) is 41.3 Å². The molecule has 2 heterocycles. The highest BCUT2D eigenvalue weighted by Crippen LogP contribution is 2.34. The van der Waals surface area contributed by atoms with Crippen LogP contribution in [0.2, 0.25) is 10.0 Å². The van der Waals surface area contributed by atoms with Crippen LogP contribution < -0.4 is 15.6 Å². The van der Waals surface area contributed by atoms with Gasteiger partial charge in [0.05, 0.1) is 17.2 Å². The number of amides is 1. The fourth-order valence-corrected chi connectivity index (χ4v) is 4.43. The number of hydrogen-bond donors (Lipinski definition) is 2. The first-order valence-corrected chi connectivity index (χ1v) is 11.5. The molecule has 2 aliphatic heterocycles. The molecule has 176 valence electrons. The number of halogens is 2. The summed E-state index contributed by atoms with van der Waals surface area (Å²) in [5.41, 5.74) is 2.28. The number of nitrogens with one attached hydrogen (secondary N) is 2. The Morgan fingerprint density at radius 2 is 1.88 bits per heavy atom. The van der Waals surface area contributed by atoms with Crippen LogP contribution in [0.25, 0.3) is 17.1 Å². The number of aryl methyl sites for hydroxylation is 1. The molecule has 1 amide bonds. The summed E-state index contributed by atoms with van der Waals surface area (Å²) in [5, 5.41) is 6.39. The minimum absolute atomic E-state index is 0.241. The number of aromatic nitrogens is 4. The Morgan fingerprint density at radius 3 is 2.53 bits per heavy atom. The molecule has 0 saturated carbocycles. The van der Waals surface area contributed by atoms with Crippen molar-refractivity contribution >= 4 is 29.1 Å². The van der Waals surface area contributed by atoms with E-state index in [2.05, 4.69) is 20.4 Å². The second-order valence-corrected chi connectivity index (χ2v) is 8.41. The van der Waals surface area contributed by atoms with Gasteiger partial charge in [0.15, 0.2) is 5.82 Å². The molecule has 10 heteroatoms. The van der Waals surface area contributed by atoms with Gasteiger partial charge in [-0.05, 0) is 43.2 Å². The minimum atomic E-state index is -0.388. The first-order valence-electron chi connectivity index (χ1n) is 10.8. The summed E-state index contributed by atoms with van der Waals surface area (Å²) in [6.07, 6.45) is 0.885. The van der Waals surface area contributed by atoms with Gasteiger partial charge in [-0.1, -0.05) is 42.3 Å². The van der Waals surface area contributed by atoms with Crippen LogP contribution in [0.15, 0.2) is 41.2 Å². The zero-order valence-electron chi connectivity index (χ0n) is 18.9. The first-order chi connectivity index (χ1) is 16.4. The van der Waals surface area contributed by atoms with Gasteiger partial charge in [-0.3, -0.25) is 14.7 Å². The minimum Gasteiger partial charge on any atom is -0.497 e. The molecule has 0 unspecified atom stereocenters. The number of carbonyl (C=O) groups excluding carboxylic acids is 1. The van der Waals surface area contributed by atoms with Gasteiger partial charge in [-0.2, -0.15) is 4.98 Å². The standard InChI is InChI=1S/C24H23Cl2N5O3/c1-4-18-20-22(28-19(29-24(20)33)10-13-7-6-8-15(9-13)34-3)31(30-18)21-16(25)11-14(12-17(21)26)23(32)27-5-2/h6-9,11-12,30H,4-5,10H2,1-3H3,(H,27,32). The maximum absolute atomic E-state index is 13.0. The summed E-state index contributed by atoms with van der Waals surface area (Å²) in [6, 6.07) is 10.6. The molecule has 2 aromatic carbocycles. The van der Waals surface area contributed by atoms with Crippen molar-refractivity contribution in [3.05, 3.63) is 79.4 Å². The van der Waals surface area contributed by atoms with Gasteiger partial charge in [0.1, 0.15) is 22.8 Å². The fraction of sp³-hybridized carbons (Fsp3) is 0.250. The number of benzene rings is 2. The monoisotopic (exact) mass is 499 g/mol. The van der Waals surface area contributed by atoms with Gasteiger partial charge in [-0.15, -0.1) is 0 Å². The number of aromatic amines is 1. The summed E-state index contributed by atoms with van der Waals surface area (Å²) in [6.45, 7) is 4.22. The Balaban J connectivity index is 1.85. The van der Waals surface area contributed by atoms with Gasteiger partial charge >= 0.3 is 0 Å². The third-order valence-electron chi connectivity index (χ3n) is 5.35. The topological polar surface area (TPSA) is 102 Å². The highest BCUT2D eigenvalue weighted by atomic mass is 35.5. The van der Waals surface area contributed by atoms with E-state index in [0.717, 1.165) is 5.56 Å². The van der Waals surface area contributed by atoms with Crippen molar-refractivity contribution in [3.8, 4) is 22.8 Å². The lowest BCUT2D eigenvalue weighted by molar-refractivity contribution is 0.0956. The van der Waals surface area contributed by atoms with E-state index >= 15 is 0 Å². The average molecular weight is 500 g/mol.